The molecule has 2 aromatic carbocycles. The molecule has 0 radical (unpaired) electrons. The number of imide groups is 1. The Morgan fingerprint density at radius 2 is 1.61 bits per heavy atom. The summed E-state index contributed by atoms with van der Waals surface area (Å²) in [6.07, 6.45) is 0.0896. The molecule has 33 heavy (non-hydrogen) atoms. The summed E-state index contributed by atoms with van der Waals surface area (Å²) in [6, 6.07) is 12.3. The minimum Gasteiger partial charge on any atom is -0.368 e. The van der Waals surface area contributed by atoms with E-state index < -0.39 is 5.25 Å². The maximum atomic E-state index is 12.9. The molecule has 2 aromatic rings. The molecule has 0 saturated carbocycles. The first-order chi connectivity index (χ1) is 15.7. The normalized spacial score (nSPS) is 18.8. The Morgan fingerprint density at radius 1 is 0.970 bits per heavy atom. The third-order valence-corrected chi connectivity index (χ3v) is 8.09. The van der Waals surface area contributed by atoms with Gasteiger partial charge in [0, 0.05) is 43.9 Å². The zero-order valence-corrected chi connectivity index (χ0v) is 20.9. The van der Waals surface area contributed by atoms with Gasteiger partial charge in [0.2, 0.25) is 11.8 Å². The Morgan fingerprint density at radius 3 is 2.21 bits per heavy atom. The average Bonchev–Trinajstić information content (AvgIpc) is 3.08. The average molecular weight is 522 g/mol. The van der Waals surface area contributed by atoms with E-state index in [0.29, 0.717) is 33.7 Å². The SMILES string of the molecule is CC(=O)c1ccc(N2CCN(C(=S)S[C@@H]3CC(=O)N(c4ccc(Cl)c(Cl)c4)C3=O)CC2)cc1. The maximum Gasteiger partial charge on any atom is 0.247 e. The van der Waals surface area contributed by atoms with Crippen molar-refractivity contribution in [3.63, 3.8) is 0 Å². The van der Waals surface area contributed by atoms with Gasteiger partial charge in [0.05, 0.1) is 15.7 Å². The van der Waals surface area contributed by atoms with Crippen LogP contribution < -0.4 is 9.80 Å². The van der Waals surface area contributed by atoms with Crippen LogP contribution in [0.25, 0.3) is 0 Å². The van der Waals surface area contributed by atoms with Crippen LogP contribution >= 0.6 is 47.2 Å². The highest BCUT2D eigenvalue weighted by atomic mass is 35.5. The zero-order chi connectivity index (χ0) is 23.7. The summed E-state index contributed by atoms with van der Waals surface area (Å²) in [6.45, 7) is 4.52. The van der Waals surface area contributed by atoms with Crippen molar-refractivity contribution in [3.05, 3.63) is 58.1 Å². The number of Topliss-reactive ketones (excluding diaryl/α,β-unsaturated/α-hetero) is 1. The summed E-state index contributed by atoms with van der Waals surface area (Å²) >= 11 is 18.9. The van der Waals surface area contributed by atoms with Gasteiger partial charge in [-0.1, -0.05) is 47.2 Å². The number of amides is 2. The van der Waals surface area contributed by atoms with E-state index >= 15 is 0 Å². The van der Waals surface area contributed by atoms with Crippen LogP contribution in [0.4, 0.5) is 11.4 Å². The third kappa shape index (κ3) is 5.19. The molecule has 2 heterocycles. The highest BCUT2D eigenvalue weighted by Crippen LogP contribution is 2.34. The van der Waals surface area contributed by atoms with E-state index in [1.165, 1.54) is 17.8 Å². The number of carbonyl (C=O) groups is 3. The smallest absolute Gasteiger partial charge is 0.247 e. The molecule has 0 spiro atoms. The van der Waals surface area contributed by atoms with Crippen LogP contribution in [0.2, 0.25) is 10.0 Å². The number of halogens is 2. The Kier molecular flexibility index (Phi) is 7.28. The molecule has 2 aliphatic rings. The van der Waals surface area contributed by atoms with Crippen molar-refractivity contribution in [3.8, 4) is 0 Å². The molecule has 0 aromatic heterocycles. The maximum absolute atomic E-state index is 12.9. The quantitative estimate of drug-likeness (QED) is 0.329. The molecular formula is C23H21Cl2N3O3S2. The number of hydrogen-bond acceptors (Lipinski definition) is 6. The van der Waals surface area contributed by atoms with Gasteiger partial charge in [0.15, 0.2) is 5.78 Å². The lowest BCUT2D eigenvalue weighted by Crippen LogP contribution is -2.48. The number of anilines is 2. The predicted molar refractivity (Wildman–Crippen MR) is 138 cm³/mol. The summed E-state index contributed by atoms with van der Waals surface area (Å²) in [5.41, 5.74) is 2.17. The molecule has 2 saturated heterocycles. The molecule has 0 bridgehead atoms. The number of rotatable bonds is 4. The summed E-state index contributed by atoms with van der Waals surface area (Å²) in [5, 5.41) is 0.0901. The highest BCUT2D eigenvalue weighted by molar-refractivity contribution is 8.23. The number of piperazine rings is 1. The topological polar surface area (TPSA) is 60.9 Å². The first-order valence-corrected chi connectivity index (χ1v) is 12.4. The van der Waals surface area contributed by atoms with Crippen molar-refractivity contribution < 1.29 is 14.4 Å². The van der Waals surface area contributed by atoms with Crippen LogP contribution in [0.1, 0.15) is 23.7 Å². The Balaban J connectivity index is 1.34. The standard InChI is InChI=1S/C23H21Cl2N3O3S2/c1-14(29)15-2-4-16(5-3-15)26-8-10-27(11-9-26)23(32)33-20-13-21(30)28(22(20)31)17-6-7-18(24)19(25)12-17/h2-7,12,20H,8-11,13H2,1H3/t20-/m1/s1. The van der Waals surface area contributed by atoms with Crippen molar-refractivity contribution in [2.75, 3.05) is 36.0 Å². The number of ketones is 1. The Bertz CT molecular complexity index is 1120. The Hall–Kier alpha value is -2.13. The molecule has 0 unspecified atom stereocenters. The third-order valence-electron chi connectivity index (χ3n) is 5.69. The fraction of sp³-hybridized carbons (Fsp3) is 0.304. The van der Waals surface area contributed by atoms with Crippen molar-refractivity contribution in [1.82, 2.24) is 4.90 Å². The lowest BCUT2D eigenvalue weighted by atomic mass is 10.1. The summed E-state index contributed by atoms with van der Waals surface area (Å²) in [5.74, 6) is -0.529. The van der Waals surface area contributed by atoms with Crippen molar-refractivity contribution in [2.45, 2.75) is 18.6 Å². The molecule has 172 valence electrons. The summed E-state index contributed by atoms with van der Waals surface area (Å²) in [4.78, 5) is 42.4. The second-order valence-corrected chi connectivity index (χ2v) is 10.5. The van der Waals surface area contributed by atoms with E-state index in [2.05, 4.69) is 9.80 Å². The van der Waals surface area contributed by atoms with Gasteiger partial charge in [-0.05, 0) is 49.4 Å². The second kappa shape index (κ2) is 10.0. The van der Waals surface area contributed by atoms with Crippen LogP contribution in [0.5, 0.6) is 0 Å². The molecule has 2 amide bonds. The van der Waals surface area contributed by atoms with Crippen LogP contribution in [-0.2, 0) is 9.59 Å². The van der Waals surface area contributed by atoms with Gasteiger partial charge in [0.25, 0.3) is 0 Å². The van der Waals surface area contributed by atoms with E-state index in [-0.39, 0.29) is 29.0 Å². The lowest BCUT2D eigenvalue weighted by Gasteiger charge is -2.37. The van der Waals surface area contributed by atoms with Gasteiger partial charge >= 0.3 is 0 Å². The molecular weight excluding hydrogens is 501 g/mol. The highest BCUT2D eigenvalue weighted by Gasteiger charge is 2.41. The largest absolute Gasteiger partial charge is 0.368 e. The van der Waals surface area contributed by atoms with Crippen molar-refractivity contribution in [2.24, 2.45) is 0 Å². The number of hydrogen-bond donors (Lipinski definition) is 0. The van der Waals surface area contributed by atoms with Crippen LogP contribution in [0.15, 0.2) is 42.5 Å². The van der Waals surface area contributed by atoms with Crippen LogP contribution in [-0.4, -0.2) is 58.2 Å². The Labute approximate surface area is 211 Å². The number of carbonyl (C=O) groups excluding carboxylic acids is 3. The van der Waals surface area contributed by atoms with Gasteiger partial charge in [0.1, 0.15) is 9.57 Å². The van der Waals surface area contributed by atoms with Gasteiger partial charge in [-0.2, -0.15) is 0 Å². The van der Waals surface area contributed by atoms with E-state index in [4.69, 9.17) is 35.4 Å². The van der Waals surface area contributed by atoms with E-state index in [1.54, 1.807) is 19.1 Å². The number of nitrogens with zero attached hydrogens (tertiary/aromatic N) is 3. The lowest BCUT2D eigenvalue weighted by molar-refractivity contribution is -0.121. The molecule has 0 N–H and O–H groups in total. The minimum absolute atomic E-state index is 0.0476. The molecule has 1 atom stereocenters. The molecule has 4 rings (SSSR count). The molecule has 2 fully saturated rings. The fourth-order valence-corrected chi connectivity index (χ4v) is 5.67. The first kappa shape index (κ1) is 24.0. The van der Waals surface area contributed by atoms with Crippen LogP contribution in [0.3, 0.4) is 0 Å². The minimum atomic E-state index is -0.559. The monoisotopic (exact) mass is 521 g/mol. The first-order valence-electron chi connectivity index (χ1n) is 10.4. The molecule has 0 aliphatic carbocycles. The fourth-order valence-electron chi connectivity index (χ4n) is 3.84. The summed E-state index contributed by atoms with van der Waals surface area (Å²) in [7, 11) is 0. The molecule has 2 aliphatic heterocycles. The number of benzene rings is 2. The van der Waals surface area contributed by atoms with Gasteiger partial charge in [-0.15, -0.1) is 0 Å². The summed E-state index contributed by atoms with van der Waals surface area (Å²) < 4.78 is 0.615. The van der Waals surface area contributed by atoms with E-state index in [1.807, 2.05) is 24.3 Å². The number of thiocarbonyl (C=S) groups is 1. The van der Waals surface area contributed by atoms with Gasteiger partial charge in [-0.3, -0.25) is 14.4 Å². The van der Waals surface area contributed by atoms with Crippen molar-refractivity contribution in [1.29, 1.82) is 0 Å². The van der Waals surface area contributed by atoms with E-state index in [9.17, 15) is 14.4 Å². The van der Waals surface area contributed by atoms with E-state index in [0.717, 1.165) is 23.7 Å². The number of thioether (sulfide) groups is 1. The molecule has 10 heteroatoms. The van der Waals surface area contributed by atoms with Crippen LogP contribution in [0, 0.1) is 0 Å². The second-order valence-electron chi connectivity index (χ2n) is 7.82. The van der Waals surface area contributed by atoms with Gasteiger partial charge < -0.3 is 9.80 Å². The predicted octanol–water partition coefficient (Wildman–Crippen LogP) is 4.67. The van der Waals surface area contributed by atoms with Crippen molar-refractivity contribution >= 4 is 80.5 Å². The van der Waals surface area contributed by atoms with Gasteiger partial charge in [-0.25, -0.2) is 4.90 Å². The zero-order valence-electron chi connectivity index (χ0n) is 17.8. The molecule has 6 nitrogen and oxygen atoms in total.